The molecule has 0 bridgehead atoms. The third-order valence-electron chi connectivity index (χ3n) is 4.68. The monoisotopic (exact) mass is 382 g/mol. The van der Waals surface area contributed by atoms with E-state index in [4.69, 9.17) is 4.74 Å². The van der Waals surface area contributed by atoms with Crippen molar-refractivity contribution in [3.8, 4) is 22.3 Å². The molecule has 0 spiro atoms. The second-order valence-electron chi connectivity index (χ2n) is 6.70. The van der Waals surface area contributed by atoms with Crippen LogP contribution >= 0.6 is 0 Å². The van der Waals surface area contributed by atoms with Crippen LogP contribution in [-0.2, 0) is 11.3 Å². The Morgan fingerprint density at radius 2 is 1.31 bits per heavy atom. The zero-order chi connectivity index (χ0) is 20.1. The molecule has 4 aromatic carbocycles. The molecular weight excluding hydrogens is 363 g/mol. The highest BCUT2D eigenvalue weighted by molar-refractivity contribution is 5.92. The lowest BCUT2D eigenvalue weighted by atomic mass is 9.94. The number of halogens is 1. The molecule has 0 fully saturated rings. The SMILES string of the molecule is O=C(OCc1ccccc1)c1cccc(-c2ccccc2-c2cccc(F)c2)c1. The largest absolute Gasteiger partial charge is 0.457 e. The van der Waals surface area contributed by atoms with E-state index in [9.17, 15) is 9.18 Å². The predicted octanol–water partition coefficient (Wildman–Crippen LogP) is 6.52. The van der Waals surface area contributed by atoms with E-state index in [1.54, 1.807) is 12.1 Å². The summed E-state index contributed by atoms with van der Waals surface area (Å²) in [7, 11) is 0. The van der Waals surface area contributed by atoms with Gasteiger partial charge < -0.3 is 4.74 Å². The van der Waals surface area contributed by atoms with Crippen molar-refractivity contribution in [2.45, 2.75) is 6.61 Å². The van der Waals surface area contributed by atoms with E-state index in [1.165, 1.54) is 12.1 Å². The Balaban J connectivity index is 1.62. The van der Waals surface area contributed by atoms with E-state index in [-0.39, 0.29) is 18.4 Å². The van der Waals surface area contributed by atoms with Crippen LogP contribution in [-0.4, -0.2) is 5.97 Å². The van der Waals surface area contributed by atoms with Gasteiger partial charge in [-0.1, -0.05) is 78.9 Å². The van der Waals surface area contributed by atoms with Gasteiger partial charge in [-0.05, 0) is 52.1 Å². The summed E-state index contributed by atoms with van der Waals surface area (Å²) >= 11 is 0. The molecule has 0 saturated heterocycles. The first-order valence-electron chi connectivity index (χ1n) is 9.37. The summed E-state index contributed by atoms with van der Waals surface area (Å²) in [6.07, 6.45) is 0. The van der Waals surface area contributed by atoms with Gasteiger partial charge >= 0.3 is 5.97 Å². The molecular formula is C26H19FO2. The molecule has 0 amide bonds. The minimum absolute atomic E-state index is 0.226. The molecule has 0 aliphatic heterocycles. The van der Waals surface area contributed by atoms with E-state index in [1.807, 2.05) is 78.9 Å². The molecule has 0 radical (unpaired) electrons. The van der Waals surface area contributed by atoms with Crippen molar-refractivity contribution in [1.82, 2.24) is 0 Å². The van der Waals surface area contributed by atoms with E-state index >= 15 is 0 Å². The fraction of sp³-hybridized carbons (Fsp3) is 0.0385. The van der Waals surface area contributed by atoms with Crippen LogP contribution in [0.4, 0.5) is 4.39 Å². The fourth-order valence-corrected chi connectivity index (χ4v) is 3.26. The van der Waals surface area contributed by atoms with E-state index in [2.05, 4.69) is 0 Å². The van der Waals surface area contributed by atoms with Gasteiger partial charge in [0.2, 0.25) is 0 Å². The Hall–Kier alpha value is -3.72. The van der Waals surface area contributed by atoms with Gasteiger partial charge in [-0.25, -0.2) is 9.18 Å². The van der Waals surface area contributed by atoms with Crippen LogP contribution < -0.4 is 0 Å². The average Bonchev–Trinajstić information content (AvgIpc) is 2.78. The maximum Gasteiger partial charge on any atom is 0.338 e. The normalized spacial score (nSPS) is 10.5. The van der Waals surface area contributed by atoms with Crippen molar-refractivity contribution in [1.29, 1.82) is 0 Å². The number of esters is 1. The fourth-order valence-electron chi connectivity index (χ4n) is 3.26. The second-order valence-corrected chi connectivity index (χ2v) is 6.70. The van der Waals surface area contributed by atoms with Gasteiger partial charge in [-0.15, -0.1) is 0 Å². The Bertz CT molecular complexity index is 1140. The smallest absolute Gasteiger partial charge is 0.338 e. The zero-order valence-corrected chi connectivity index (χ0v) is 15.7. The summed E-state index contributed by atoms with van der Waals surface area (Å²) in [6, 6.07) is 31.2. The predicted molar refractivity (Wildman–Crippen MR) is 113 cm³/mol. The number of benzene rings is 4. The molecule has 3 heteroatoms. The molecule has 142 valence electrons. The van der Waals surface area contributed by atoms with Crippen LogP contribution in [0.5, 0.6) is 0 Å². The van der Waals surface area contributed by atoms with Gasteiger partial charge in [-0.2, -0.15) is 0 Å². The summed E-state index contributed by atoms with van der Waals surface area (Å²) in [5, 5.41) is 0. The van der Waals surface area contributed by atoms with Crippen molar-refractivity contribution in [2.75, 3.05) is 0 Å². The van der Waals surface area contributed by atoms with Crippen LogP contribution in [0, 0.1) is 5.82 Å². The summed E-state index contributed by atoms with van der Waals surface area (Å²) in [4.78, 5) is 12.5. The summed E-state index contributed by atoms with van der Waals surface area (Å²) < 4.78 is 19.2. The maximum atomic E-state index is 13.7. The molecule has 0 atom stereocenters. The minimum atomic E-state index is -0.376. The maximum absolute atomic E-state index is 13.7. The van der Waals surface area contributed by atoms with Gasteiger partial charge in [0.15, 0.2) is 0 Å². The zero-order valence-electron chi connectivity index (χ0n) is 15.7. The Morgan fingerprint density at radius 1 is 0.690 bits per heavy atom. The number of hydrogen-bond acceptors (Lipinski definition) is 2. The van der Waals surface area contributed by atoms with Crippen LogP contribution in [0.15, 0.2) is 103 Å². The quantitative estimate of drug-likeness (QED) is 0.368. The molecule has 4 rings (SSSR count). The van der Waals surface area contributed by atoms with E-state index in [0.717, 1.165) is 27.8 Å². The number of rotatable bonds is 5. The van der Waals surface area contributed by atoms with Crippen molar-refractivity contribution >= 4 is 5.97 Å². The van der Waals surface area contributed by atoms with E-state index < -0.39 is 0 Å². The first-order chi connectivity index (χ1) is 14.2. The standard InChI is InChI=1S/C26H19FO2/c27-23-13-7-11-21(17-23)25-15-5-4-14-24(25)20-10-6-12-22(16-20)26(28)29-18-19-8-2-1-3-9-19/h1-17H,18H2. The second kappa shape index (κ2) is 8.53. The average molecular weight is 382 g/mol. The summed E-state index contributed by atoms with van der Waals surface area (Å²) in [5.74, 6) is -0.658. The third-order valence-corrected chi connectivity index (χ3v) is 4.68. The highest BCUT2D eigenvalue weighted by Gasteiger charge is 2.12. The topological polar surface area (TPSA) is 26.3 Å². The molecule has 0 heterocycles. The van der Waals surface area contributed by atoms with Crippen molar-refractivity contribution in [3.63, 3.8) is 0 Å². The van der Waals surface area contributed by atoms with Gasteiger partial charge in [0.1, 0.15) is 12.4 Å². The molecule has 0 aliphatic carbocycles. The molecule has 0 saturated carbocycles. The lowest BCUT2D eigenvalue weighted by Crippen LogP contribution is -2.05. The van der Waals surface area contributed by atoms with Crippen LogP contribution in [0.2, 0.25) is 0 Å². The third kappa shape index (κ3) is 4.41. The van der Waals surface area contributed by atoms with Gasteiger partial charge in [-0.3, -0.25) is 0 Å². The summed E-state index contributed by atoms with van der Waals surface area (Å²) in [5.41, 5.74) is 4.91. The van der Waals surface area contributed by atoms with Gasteiger partial charge in [0, 0.05) is 0 Å². The van der Waals surface area contributed by atoms with Crippen LogP contribution in [0.3, 0.4) is 0 Å². The van der Waals surface area contributed by atoms with Crippen LogP contribution in [0.1, 0.15) is 15.9 Å². The van der Waals surface area contributed by atoms with Crippen molar-refractivity contribution in [3.05, 3.63) is 120 Å². The molecule has 0 aromatic heterocycles. The van der Waals surface area contributed by atoms with Crippen molar-refractivity contribution < 1.29 is 13.9 Å². The molecule has 0 N–H and O–H groups in total. The van der Waals surface area contributed by atoms with Gasteiger partial charge in [0.25, 0.3) is 0 Å². The van der Waals surface area contributed by atoms with Crippen molar-refractivity contribution in [2.24, 2.45) is 0 Å². The first-order valence-corrected chi connectivity index (χ1v) is 9.37. The Kier molecular flexibility index (Phi) is 5.48. The highest BCUT2D eigenvalue weighted by Crippen LogP contribution is 2.32. The van der Waals surface area contributed by atoms with E-state index in [0.29, 0.717) is 5.56 Å². The first kappa shape index (κ1) is 18.6. The Labute approximate surface area is 169 Å². The molecule has 4 aromatic rings. The summed E-state index contributed by atoms with van der Waals surface area (Å²) in [6.45, 7) is 0.226. The number of carbonyl (C=O) groups excluding carboxylic acids is 1. The number of hydrogen-bond donors (Lipinski definition) is 0. The number of carbonyl (C=O) groups is 1. The lowest BCUT2D eigenvalue weighted by molar-refractivity contribution is 0.0473. The highest BCUT2D eigenvalue weighted by atomic mass is 19.1. The molecule has 0 unspecified atom stereocenters. The minimum Gasteiger partial charge on any atom is -0.457 e. The lowest BCUT2D eigenvalue weighted by Gasteiger charge is -2.12. The van der Waals surface area contributed by atoms with Crippen LogP contribution in [0.25, 0.3) is 22.3 Å². The molecule has 2 nitrogen and oxygen atoms in total. The molecule has 29 heavy (non-hydrogen) atoms. The van der Waals surface area contributed by atoms with Gasteiger partial charge in [0.05, 0.1) is 5.56 Å². The Morgan fingerprint density at radius 3 is 2.00 bits per heavy atom. The number of ether oxygens (including phenoxy) is 1. The molecule has 0 aliphatic rings.